The average molecular weight is 298 g/mol. The van der Waals surface area contributed by atoms with Crippen molar-refractivity contribution in [2.45, 2.75) is 0 Å². The third-order valence-electron chi connectivity index (χ3n) is 3.41. The highest BCUT2D eigenvalue weighted by molar-refractivity contribution is 6.06. The lowest BCUT2D eigenvalue weighted by atomic mass is 10.2. The Bertz CT molecular complexity index is 908. The first-order chi connectivity index (χ1) is 10.6. The lowest BCUT2D eigenvalue weighted by Crippen LogP contribution is -2.13. The van der Waals surface area contributed by atoms with Crippen molar-refractivity contribution in [2.24, 2.45) is 7.05 Å². The third-order valence-corrected chi connectivity index (χ3v) is 3.41. The van der Waals surface area contributed by atoms with Gasteiger partial charge in [0.05, 0.1) is 18.3 Å². The van der Waals surface area contributed by atoms with Crippen molar-refractivity contribution in [1.82, 2.24) is 4.57 Å². The van der Waals surface area contributed by atoms with Crippen LogP contribution < -0.4 is 15.8 Å². The minimum Gasteiger partial charge on any atom is -0.495 e. The Morgan fingerprint density at radius 1 is 1.23 bits per heavy atom. The highest BCUT2D eigenvalue weighted by Crippen LogP contribution is 2.24. The summed E-state index contributed by atoms with van der Waals surface area (Å²) in [6.45, 7) is 0. The predicted octanol–water partition coefficient (Wildman–Crippen LogP) is 2.39. The van der Waals surface area contributed by atoms with E-state index in [1.807, 2.05) is 6.07 Å². The van der Waals surface area contributed by atoms with Crippen LogP contribution in [0, 0.1) is 0 Å². The molecule has 112 valence electrons. The van der Waals surface area contributed by atoms with Gasteiger partial charge in [-0.1, -0.05) is 12.1 Å². The van der Waals surface area contributed by atoms with Crippen molar-refractivity contribution >= 4 is 22.7 Å². The summed E-state index contributed by atoms with van der Waals surface area (Å²) in [6, 6.07) is 12.0. The Labute approximate surface area is 125 Å². The molecule has 0 atom stereocenters. The normalized spacial score (nSPS) is 10.6. The van der Waals surface area contributed by atoms with Crippen molar-refractivity contribution in [3.63, 3.8) is 0 Å². The maximum atomic E-state index is 12.4. The van der Waals surface area contributed by atoms with Gasteiger partial charge < -0.3 is 14.5 Å². The summed E-state index contributed by atoms with van der Waals surface area (Å²) in [6.07, 6.45) is 0. The first kappa shape index (κ1) is 13.9. The quantitative estimate of drug-likeness (QED) is 0.805. The topological polar surface area (TPSA) is 73.5 Å². The summed E-state index contributed by atoms with van der Waals surface area (Å²) in [5.74, 6) is -0.176. The van der Waals surface area contributed by atoms with E-state index in [9.17, 15) is 9.59 Å². The molecule has 1 aromatic heterocycles. The largest absolute Gasteiger partial charge is 0.495 e. The molecule has 6 heteroatoms. The van der Waals surface area contributed by atoms with E-state index in [1.165, 1.54) is 11.7 Å². The Balaban J connectivity index is 1.95. The summed E-state index contributed by atoms with van der Waals surface area (Å²) in [5.41, 5.74) is 2.02. The van der Waals surface area contributed by atoms with Gasteiger partial charge in [-0.2, -0.15) is 0 Å². The van der Waals surface area contributed by atoms with Crippen molar-refractivity contribution < 1.29 is 13.9 Å². The fraction of sp³-hybridized carbons (Fsp3) is 0.125. The number of anilines is 1. The van der Waals surface area contributed by atoms with E-state index in [4.69, 9.17) is 9.15 Å². The van der Waals surface area contributed by atoms with Crippen molar-refractivity contribution in [2.75, 3.05) is 12.4 Å². The summed E-state index contributed by atoms with van der Waals surface area (Å²) < 4.78 is 11.6. The average Bonchev–Trinajstić information content (AvgIpc) is 2.82. The van der Waals surface area contributed by atoms with Crippen molar-refractivity contribution in [3.8, 4) is 5.75 Å². The number of carbonyl (C=O) groups is 1. The number of aromatic nitrogens is 1. The zero-order valence-corrected chi connectivity index (χ0v) is 12.1. The van der Waals surface area contributed by atoms with Crippen LogP contribution in [-0.4, -0.2) is 17.6 Å². The number of oxazole rings is 1. The minimum atomic E-state index is -0.461. The molecule has 0 bridgehead atoms. The molecule has 1 amide bonds. The second kappa shape index (κ2) is 5.40. The molecule has 0 saturated carbocycles. The van der Waals surface area contributed by atoms with Gasteiger partial charge >= 0.3 is 5.76 Å². The van der Waals surface area contributed by atoms with E-state index in [1.54, 1.807) is 43.4 Å². The molecule has 0 aliphatic rings. The maximum absolute atomic E-state index is 12.4. The lowest BCUT2D eigenvalue weighted by molar-refractivity contribution is 0.102. The molecule has 0 saturated heterocycles. The molecule has 0 radical (unpaired) electrons. The van der Waals surface area contributed by atoms with E-state index in [2.05, 4.69) is 5.32 Å². The number of hydrogen-bond acceptors (Lipinski definition) is 4. The van der Waals surface area contributed by atoms with Crippen LogP contribution in [0.15, 0.2) is 51.7 Å². The number of benzene rings is 2. The van der Waals surface area contributed by atoms with Gasteiger partial charge in [0, 0.05) is 12.6 Å². The number of nitrogens with zero attached hydrogens (tertiary/aromatic N) is 1. The highest BCUT2D eigenvalue weighted by Gasteiger charge is 2.12. The van der Waals surface area contributed by atoms with Crippen LogP contribution in [0.5, 0.6) is 5.75 Å². The predicted molar refractivity (Wildman–Crippen MR) is 82.4 cm³/mol. The van der Waals surface area contributed by atoms with E-state index in [0.29, 0.717) is 28.1 Å². The number of rotatable bonds is 3. The maximum Gasteiger partial charge on any atom is 0.419 e. The molecule has 0 aliphatic carbocycles. The molecule has 3 rings (SSSR count). The zero-order chi connectivity index (χ0) is 15.7. The molecule has 2 aromatic carbocycles. The van der Waals surface area contributed by atoms with Crippen LogP contribution in [0.25, 0.3) is 11.1 Å². The molecular formula is C16H14N2O4. The standard InChI is InChI=1S/C16H14N2O4/c1-18-12-9-10(7-8-14(12)22-16(18)20)15(19)17-11-5-3-4-6-13(11)21-2/h3-9H,1-2H3,(H,17,19). The number of hydrogen-bond donors (Lipinski definition) is 1. The third kappa shape index (κ3) is 2.35. The van der Waals surface area contributed by atoms with Crippen LogP contribution in [0.2, 0.25) is 0 Å². The molecule has 1 N–H and O–H groups in total. The van der Waals surface area contributed by atoms with Crippen LogP contribution in [-0.2, 0) is 7.05 Å². The second-order valence-electron chi connectivity index (χ2n) is 4.76. The fourth-order valence-corrected chi connectivity index (χ4v) is 2.21. The van der Waals surface area contributed by atoms with Gasteiger partial charge in [-0.05, 0) is 30.3 Å². The van der Waals surface area contributed by atoms with Crippen LogP contribution in [0.1, 0.15) is 10.4 Å². The molecule has 6 nitrogen and oxygen atoms in total. The lowest BCUT2D eigenvalue weighted by Gasteiger charge is -2.09. The van der Waals surface area contributed by atoms with Gasteiger partial charge in [-0.25, -0.2) is 4.79 Å². The SMILES string of the molecule is COc1ccccc1NC(=O)c1ccc2oc(=O)n(C)c2c1. The Morgan fingerprint density at radius 3 is 2.77 bits per heavy atom. The number of fused-ring (bicyclic) bond motifs is 1. The van der Waals surface area contributed by atoms with E-state index in [-0.39, 0.29) is 5.91 Å². The van der Waals surface area contributed by atoms with Crippen LogP contribution in [0.4, 0.5) is 5.69 Å². The Kier molecular flexibility index (Phi) is 3.42. The molecule has 22 heavy (non-hydrogen) atoms. The highest BCUT2D eigenvalue weighted by atomic mass is 16.5. The van der Waals surface area contributed by atoms with Gasteiger partial charge in [0.15, 0.2) is 5.58 Å². The molecule has 0 aliphatic heterocycles. The van der Waals surface area contributed by atoms with Gasteiger partial charge in [0.25, 0.3) is 5.91 Å². The Hall–Kier alpha value is -3.02. The van der Waals surface area contributed by atoms with E-state index >= 15 is 0 Å². The summed E-state index contributed by atoms with van der Waals surface area (Å²) >= 11 is 0. The summed E-state index contributed by atoms with van der Waals surface area (Å²) in [5, 5.41) is 2.79. The number of methoxy groups -OCH3 is 1. The smallest absolute Gasteiger partial charge is 0.419 e. The molecule has 0 unspecified atom stereocenters. The van der Waals surface area contributed by atoms with Crippen molar-refractivity contribution in [1.29, 1.82) is 0 Å². The van der Waals surface area contributed by atoms with Gasteiger partial charge in [-0.15, -0.1) is 0 Å². The number of carbonyl (C=O) groups excluding carboxylic acids is 1. The van der Waals surface area contributed by atoms with Gasteiger partial charge in [0.1, 0.15) is 5.75 Å². The fourth-order valence-electron chi connectivity index (χ4n) is 2.21. The van der Waals surface area contributed by atoms with Crippen LogP contribution >= 0.6 is 0 Å². The van der Waals surface area contributed by atoms with Gasteiger partial charge in [0.2, 0.25) is 0 Å². The first-order valence-corrected chi connectivity index (χ1v) is 6.64. The Morgan fingerprint density at radius 2 is 2.00 bits per heavy atom. The number of aryl methyl sites for hydroxylation is 1. The number of para-hydroxylation sites is 2. The minimum absolute atomic E-state index is 0.292. The summed E-state index contributed by atoms with van der Waals surface area (Å²) in [4.78, 5) is 23.8. The van der Waals surface area contributed by atoms with E-state index in [0.717, 1.165) is 0 Å². The molecule has 3 aromatic rings. The van der Waals surface area contributed by atoms with Crippen LogP contribution in [0.3, 0.4) is 0 Å². The van der Waals surface area contributed by atoms with Gasteiger partial charge in [-0.3, -0.25) is 9.36 Å². The molecule has 0 fully saturated rings. The number of nitrogens with one attached hydrogen (secondary N) is 1. The second-order valence-corrected chi connectivity index (χ2v) is 4.76. The monoisotopic (exact) mass is 298 g/mol. The first-order valence-electron chi connectivity index (χ1n) is 6.64. The van der Waals surface area contributed by atoms with E-state index < -0.39 is 5.76 Å². The number of ether oxygens (including phenoxy) is 1. The number of amides is 1. The molecular weight excluding hydrogens is 284 g/mol. The summed E-state index contributed by atoms with van der Waals surface area (Å²) in [7, 11) is 3.13. The molecule has 0 spiro atoms. The van der Waals surface area contributed by atoms with Crippen molar-refractivity contribution in [3.05, 3.63) is 58.6 Å². The zero-order valence-electron chi connectivity index (χ0n) is 12.1. The molecule has 1 heterocycles.